The highest BCUT2D eigenvalue weighted by Gasteiger charge is 2.44. The summed E-state index contributed by atoms with van der Waals surface area (Å²) in [7, 11) is 0. The first-order valence-corrected chi connectivity index (χ1v) is 7.67. The van der Waals surface area contributed by atoms with Crippen LogP contribution in [0.3, 0.4) is 0 Å². The van der Waals surface area contributed by atoms with Crippen LogP contribution in [-0.2, 0) is 11.6 Å². The Labute approximate surface area is 137 Å². The van der Waals surface area contributed by atoms with Crippen molar-refractivity contribution < 1.29 is 18.0 Å². The van der Waals surface area contributed by atoms with Crippen molar-refractivity contribution in [1.82, 2.24) is 5.32 Å². The quantitative estimate of drug-likeness (QED) is 0.846. The van der Waals surface area contributed by atoms with Gasteiger partial charge in [-0.3, -0.25) is 0 Å². The summed E-state index contributed by atoms with van der Waals surface area (Å²) in [5, 5.41) is 5.36. The number of nitrogens with one attached hydrogen (secondary N) is 2. The van der Waals surface area contributed by atoms with E-state index in [0.29, 0.717) is 12.2 Å². The number of benzene rings is 2. The lowest BCUT2D eigenvalue weighted by molar-refractivity contribution is -0.137. The van der Waals surface area contributed by atoms with E-state index in [1.165, 1.54) is 17.7 Å². The number of anilines is 1. The molecule has 0 atom stereocenters. The molecule has 1 saturated carbocycles. The fraction of sp³-hybridized carbons (Fsp3) is 0.278. The standard InChI is InChI=1S/C18H17F3N2O/c19-18(20,21)14-6-8-15(9-7-14)23-16(24)22-12-17(10-11-17)13-4-2-1-3-5-13/h1-9H,10-12H2,(H2,22,23,24). The molecule has 0 heterocycles. The van der Waals surface area contributed by atoms with Gasteiger partial charge in [-0.1, -0.05) is 30.3 Å². The van der Waals surface area contributed by atoms with E-state index in [1.807, 2.05) is 30.3 Å². The lowest BCUT2D eigenvalue weighted by atomic mass is 9.96. The van der Waals surface area contributed by atoms with Crippen molar-refractivity contribution in [2.24, 2.45) is 0 Å². The molecule has 3 nitrogen and oxygen atoms in total. The molecule has 0 bridgehead atoms. The molecule has 0 saturated heterocycles. The predicted molar refractivity (Wildman–Crippen MR) is 85.8 cm³/mol. The first kappa shape index (κ1) is 16.4. The van der Waals surface area contributed by atoms with Gasteiger partial charge in [0.25, 0.3) is 0 Å². The zero-order valence-corrected chi connectivity index (χ0v) is 12.9. The molecule has 24 heavy (non-hydrogen) atoms. The summed E-state index contributed by atoms with van der Waals surface area (Å²) in [6.07, 6.45) is -2.36. The summed E-state index contributed by atoms with van der Waals surface area (Å²) in [6.45, 7) is 0.503. The second-order valence-corrected chi connectivity index (χ2v) is 6.03. The second kappa shape index (κ2) is 6.19. The molecule has 0 unspecified atom stereocenters. The first-order chi connectivity index (χ1) is 11.4. The first-order valence-electron chi connectivity index (χ1n) is 7.67. The molecule has 6 heteroatoms. The van der Waals surface area contributed by atoms with Gasteiger partial charge in [0.2, 0.25) is 0 Å². The smallest absolute Gasteiger partial charge is 0.337 e. The fourth-order valence-electron chi connectivity index (χ4n) is 2.68. The third-order valence-corrected chi connectivity index (χ3v) is 4.30. The normalized spacial score (nSPS) is 15.6. The lowest BCUT2D eigenvalue weighted by Gasteiger charge is -2.17. The maximum Gasteiger partial charge on any atom is 0.416 e. The lowest BCUT2D eigenvalue weighted by Crippen LogP contribution is -2.35. The number of hydrogen-bond donors (Lipinski definition) is 2. The van der Waals surface area contributed by atoms with E-state index in [9.17, 15) is 18.0 Å². The second-order valence-electron chi connectivity index (χ2n) is 6.03. The third kappa shape index (κ3) is 3.69. The molecule has 2 aromatic carbocycles. The van der Waals surface area contributed by atoms with Gasteiger partial charge in [-0.05, 0) is 42.7 Å². The summed E-state index contributed by atoms with van der Waals surface area (Å²) in [5.74, 6) is 0. The van der Waals surface area contributed by atoms with Crippen molar-refractivity contribution in [1.29, 1.82) is 0 Å². The van der Waals surface area contributed by atoms with Gasteiger partial charge in [0.15, 0.2) is 0 Å². The van der Waals surface area contributed by atoms with Gasteiger partial charge in [0, 0.05) is 17.6 Å². The van der Waals surface area contributed by atoms with E-state index < -0.39 is 17.8 Å². The number of hydrogen-bond acceptors (Lipinski definition) is 1. The van der Waals surface area contributed by atoms with Crippen LogP contribution in [0.5, 0.6) is 0 Å². The van der Waals surface area contributed by atoms with Crippen LogP contribution in [0.4, 0.5) is 23.7 Å². The van der Waals surface area contributed by atoms with Crippen LogP contribution >= 0.6 is 0 Å². The molecule has 0 aromatic heterocycles. The zero-order valence-electron chi connectivity index (χ0n) is 12.9. The summed E-state index contributed by atoms with van der Waals surface area (Å²) < 4.78 is 37.5. The molecular formula is C18H17F3N2O. The maximum absolute atomic E-state index is 12.5. The highest BCUT2D eigenvalue weighted by Crippen LogP contribution is 2.47. The van der Waals surface area contributed by atoms with Crippen LogP contribution in [0.1, 0.15) is 24.0 Å². The van der Waals surface area contributed by atoms with Crippen molar-refractivity contribution in [2.75, 3.05) is 11.9 Å². The van der Waals surface area contributed by atoms with Crippen molar-refractivity contribution in [2.45, 2.75) is 24.4 Å². The number of rotatable bonds is 4. The van der Waals surface area contributed by atoms with E-state index >= 15 is 0 Å². The molecule has 126 valence electrons. The Morgan fingerprint density at radius 3 is 2.17 bits per heavy atom. The Balaban J connectivity index is 1.55. The third-order valence-electron chi connectivity index (χ3n) is 4.30. The van der Waals surface area contributed by atoms with Crippen molar-refractivity contribution in [3.8, 4) is 0 Å². The van der Waals surface area contributed by atoms with Crippen LogP contribution in [0.2, 0.25) is 0 Å². The van der Waals surface area contributed by atoms with E-state index in [2.05, 4.69) is 10.6 Å². The Morgan fingerprint density at radius 2 is 1.62 bits per heavy atom. The van der Waals surface area contributed by atoms with Gasteiger partial charge >= 0.3 is 12.2 Å². The number of alkyl halides is 3. The van der Waals surface area contributed by atoms with Crippen LogP contribution in [0.15, 0.2) is 54.6 Å². The Hall–Kier alpha value is -2.50. The number of amides is 2. The minimum Gasteiger partial charge on any atom is -0.337 e. The predicted octanol–water partition coefficient (Wildman–Crippen LogP) is 4.56. The van der Waals surface area contributed by atoms with Crippen LogP contribution in [0.25, 0.3) is 0 Å². The van der Waals surface area contributed by atoms with Gasteiger partial charge < -0.3 is 10.6 Å². The van der Waals surface area contributed by atoms with E-state index in [0.717, 1.165) is 25.0 Å². The number of carbonyl (C=O) groups excluding carboxylic acids is 1. The van der Waals surface area contributed by atoms with Crippen molar-refractivity contribution in [3.05, 3.63) is 65.7 Å². The van der Waals surface area contributed by atoms with Crippen LogP contribution < -0.4 is 10.6 Å². The van der Waals surface area contributed by atoms with Crippen molar-refractivity contribution >= 4 is 11.7 Å². The highest BCUT2D eigenvalue weighted by molar-refractivity contribution is 5.89. The maximum atomic E-state index is 12.5. The summed E-state index contributed by atoms with van der Waals surface area (Å²) in [6, 6.07) is 13.9. The Bertz CT molecular complexity index is 707. The Kier molecular flexibility index (Phi) is 4.22. The molecular weight excluding hydrogens is 317 g/mol. The largest absolute Gasteiger partial charge is 0.416 e. The molecule has 0 aliphatic heterocycles. The molecule has 2 amide bonds. The molecule has 3 rings (SSSR count). The van der Waals surface area contributed by atoms with Crippen molar-refractivity contribution in [3.63, 3.8) is 0 Å². The average Bonchev–Trinajstić information content (AvgIpc) is 3.35. The minimum atomic E-state index is -4.38. The van der Waals surface area contributed by atoms with Gasteiger partial charge in [0.05, 0.1) is 5.56 Å². The molecule has 1 aliphatic rings. The van der Waals surface area contributed by atoms with Gasteiger partial charge in [-0.25, -0.2) is 4.79 Å². The highest BCUT2D eigenvalue weighted by atomic mass is 19.4. The zero-order chi connectivity index (χ0) is 17.2. The van der Waals surface area contributed by atoms with E-state index in [1.54, 1.807) is 0 Å². The molecule has 0 radical (unpaired) electrons. The van der Waals surface area contributed by atoms with Gasteiger partial charge in [-0.15, -0.1) is 0 Å². The summed E-state index contributed by atoms with van der Waals surface area (Å²) >= 11 is 0. The van der Waals surface area contributed by atoms with Gasteiger partial charge in [-0.2, -0.15) is 13.2 Å². The number of carbonyl (C=O) groups is 1. The summed E-state index contributed by atoms with van der Waals surface area (Å²) in [4.78, 5) is 12.0. The van der Waals surface area contributed by atoms with Crippen LogP contribution in [0, 0.1) is 0 Å². The molecule has 1 aliphatic carbocycles. The molecule has 1 fully saturated rings. The SMILES string of the molecule is O=C(NCC1(c2ccccc2)CC1)Nc1ccc(C(F)(F)F)cc1. The monoisotopic (exact) mass is 334 g/mol. The van der Waals surface area contributed by atoms with Gasteiger partial charge in [0.1, 0.15) is 0 Å². The number of urea groups is 1. The fourth-order valence-corrected chi connectivity index (χ4v) is 2.68. The van der Waals surface area contributed by atoms with Crippen LogP contribution in [-0.4, -0.2) is 12.6 Å². The minimum absolute atomic E-state index is 0.0151. The van der Waals surface area contributed by atoms with E-state index in [-0.39, 0.29) is 5.41 Å². The summed E-state index contributed by atoms with van der Waals surface area (Å²) in [5.41, 5.74) is 0.762. The average molecular weight is 334 g/mol. The molecule has 0 spiro atoms. The molecule has 2 aromatic rings. The molecule has 2 N–H and O–H groups in total. The topological polar surface area (TPSA) is 41.1 Å². The van der Waals surface area contributed by atoms with E-state index in [4.69, 9.17) is 0 Å². The number of halogens is 3. The Morgan fingerprint density at radius 1 is 1.00 bits per heavy atom.